The van der Waals surface area contributed by atoms with Crippen LogP contribution in [0.15, 0.2) is 16.5 Å². The van der Waals surface area contributed by atoms with Crippen LogP contribution in [-0.4, -0.2) is 50.2 Å². The van der Waals surface area contributed by atoms with Crippen LogP contribution in [0.5, 0.6) is 0 Å². The first kappa shape index (κ1) is 12.1. The molecule has 0 spiro atoms. The molecule has 1 amide bonds. The zero-order chi connectivity index (χ0) is 12.3. The molecule has 0 bridgehead atoms. The molecule has 5 nitrogen and oxygen atoms in total. The Balaban J connectivity index is 2.10. The quantitative estimate of drug-likeness (QED) is 0.840. The van der Waals surface area contributed by atoms with Gasteiger partial charge in [-0.2, -0.15) is 0 Å². The predicted octanol–water partition coefficient (Wildman–Crippen LogP) is 0.648. The summed E-state index contributed by atoms with van der Waals surface area (Å²) in [5.41, 5.74) is 0. The molecule has 0 saturated carbocycles. The monoisotopic (exact) mass is 238 g/mol. The van der Waals surface area contributed by atoms with E-state index in [4.69, 9.17) is 9.15 Å². The van der Waals surface area contributed by atoms with Crippen LogP contribution in [0.4, 0.5) is 0 Å². The van der Waals surface area contributed by atoms with E-state index < -0.39 is 0 Å². The van der Waals surface area contributed by atoms with E-state index in [1.54, 1.807) is 12.1 Å². The molecule has 1 atom stereocenters. The molecule has 1 aliphatic heterocycles. The summed E-state index contributed by atoms with van der Waals surface area (Å²) in [5.74, 6) is 1.11. The molecular weight excluding hydrogens is 220 g/mol. The summed E-state index contributed by atoms with van der Waals surface area (Å²) >= 11 is 0. The van der Waals surface area contributed by atoms with Gasteiger partial charge in [0.25, 0.3) is 5.91 Å². The molecule has 0 radical (unpaired) electrons. The third-order valence-corrected chi connectivity index (χ3v) is 2.88. The van der Waals surface area contributed by atoms with Crippen LogP contribution >= 0.6 is 0 Å². The van der Waals surface area contributed by atoms with Gasteiger partial charge in [0.1, 0.15) is 5.76 Å². The van der Waals surface area contributed by atoms with E-state index in [0.717, 1.165) is 12.3 Å². The molecule has 1 aliphatic rings. The van der Waals surface area contributed by atoms with Crippen molar-refractivity contribution < 1.29 is 13.9 Å². The molecule has 0 aromatic carbocycles. The second-order valence-electron chi connectivity index (χ2n) is 4.20. The van der Waals surface area contributed by atoms with E-state index in [0.29, 0.717) is 25.5 Å². The van der Waals surface area contributed by atoms with Crippen LogP contribution in [0.3, 0.4) is 0 Å². The third-order valence-electron chi connectivity index (χ3n) is 2.88. The topological polar surface area (TPSA) is 54.7 Å². The average Bonchev–Trinajstić information content (AvgIpc) is 2.76. The number of furan rings is 1. The zero-order valence-electron chi connectivity index (χ0n) is 10.2. The summed E-state index contributed by atoms with van der Waals surface area (Å²) in [4.78, 5) is 14.1. The van der Waals surface area contributed by atoms with Gasteiger partial charge in [-0.15, -0.1) is 0 Å². The van der Waals surface area contributed by atoms with Gasteiger partial charge in [0.05, 0.1) is 19.3 Å². The number of amides is 1. The number of nitrogens with zero attached hydrogens (tertiary/aromatic N) is 1. The number of likely N-dealkylation sites (N-methyl/N-ethyl adjacent to an activating group) is 1. The number of rotatable bonds is 3. The van der Waals surface area contributed by atoms with Crippen molar-refractivity contribution in [3.8, 4) is 0 Å². The molecule has 1 fully saturated rings. The van der Waals surface area contributed by atoms with E-state index in [1.807, 2.05) is 18.9 Å². The lowest BCUT2D eigenvalue weighted by molar-refractivity contribution is -0.00259. The highest BCUT2D eigenvalue weighted by atomic mass is 16.5. The minimum absolute atomic E-state index is 0.0540. The minimum Gasteiger partial charge on any atom is -0.456 e. The molecule has 1 saturated heterocycles. The Labute approximate surface area is 101 Å². The number of nitrogens with one attached hydrogen (secondary N) is 1. The van der Waals surface area contributed by atoms with Crippen LogP contribution < -0.4 is 5.32 Å². The molecule has 5 heteroatoms. The van der Waals surface area contributed by atoms with E-state index >= 15 is 0 Å². The molecule has 17 heavy (non-hydrogen) atoms. The second-order valence-corrected chi connectivity index (χ2v) is 4.20. The first-order valence-electron chi connectivity index (χ1n) is 5.82. The van der Waals surface area contributed by atoms with Crippen molar-refractivity contribution in [2.45, 2.75) is 13.0 Å². The smallest absolute Gasteiger partial charge is 0.290 e. The van der Waals surface area contributed by atoms with E-state index in [9.17, 15) is 4.79 Å². The maximum Gasteiger partial charge on any atom is 0.290 e. The van der Waals surface area contributed by atoms with E-state index in [1.165, 1.54) is 0 Å². The normalized spacial score (nSPS) is 20.6. The molecule has 94 valence electrons. The summed E-state index contributed by atoms with van der Waals surface area (Å²) in [6, 6.07) is 3.61. The average molecular weight is 238 g/mol. The number of carbonyl (C=O) groups is 1. The highest BCUT2D eigenvalue weighted by Crippen LogP contribution is 2.14. The Morgan fingerprint density at radius 2 is 2.41 bits per heavy atom. The Morgan fingerprint density at radius 3 is 3.06 bits per heavy atom. The van der Waals surface area contributed by atoms with Gasteiger partial charge in [-0.3, -0.25) is 4.79 Å². The second kappa shape index (κ2) is 5.33. The number of morpholine rings is 1. The SMILES string of the molecule is CNCC1COCCN1C(=O)c1ccc(C)o1. The van der Waals surface area contributed by atoms with Crippen molar-refractivity contribution in [1.29, 1.82) is 0 Å². The number of hydrogen-bond donors (Lipinski definition) is 1. The van der Waals surface area contributed by atoms with E-state index in [2.05, 4.69) is 5.32 Å². The fraction of sp³-hybridized carbons (Fsp3) is 0.583. The predicted molar refractivity (Wildman–Crippen MR) is 63.0 cm³/mol. The molecule has 0 aliphatic carbocycles. The zero-order valence-corrected chi connectivity index (χ0v) is 10.2. The summed E-state index contributed by atoms with van der Waals surface area (Å²) in [5, 5.41) is 3.07. The van der Waals surface area contributed by atoms with Crippen LogP contribution in [0.25, 0.3) is 0 Å². The Morgan fingerprint density at radius 1 is 1.59 bits per heavy atom. The summed E-state index contributed by atoms with van der Waals surface area (Å²) in [7, 11) is 1.87. The van der Waals surface area contributed by atoms with Crippen molar-refractivity contribution in [2.24, 2.45) is 0 Å². The largest absolute Gasteiger partial charge is 0.456 e. The fourth-order valence-corrected chi connectivity index (χ4v) is 2.02. The summed E-state index contributed by atoms with van der Waals surface area (Å²) < 4.78 is 10.8. The molecule has 1 N–H and O–H groups in total. The number of ether oxygens (including phenoxy) is 1. The molecular formula is C12H18N2O3. The highest BCUT2D eigenvalue weighted by molar-refractivity contribution is 5.91. The summed E-state index contributed by atoms with van der Waals surface area (Å²) in [6.07, 6.45) is 0. The highest BCUT2D eigenvalue weighted by Gasteiger charge is 2.29. The van der Waals surface area contributed by atoms with Crippen LogP contribution in [0, 0.1) is 6.92 Å². The fourth-order valence-electron chi connectivity index (χ4n) is 2.02. The van der Waals surface area contributed by atoms with Crippen LogP contribution in [-0.2, 0) is 4.74 Å². The van der Waals surface area contributed by atoms with Gasteiger partial charge < -0.3 is 19.4 Å². The molecule has 1 aromatic rings. The lowest BCUT2D eigenvalue weighted by Crippen LogP contribution is -2.52. The van der Waals surface area contributed by atoms with Crippen molar-refractivity contribution in [3.63, 3.8) is 0 Å². The van der Waals surface area contributed by atoms with Crippen molar-refractivity contribution in [1.82, 2.24) is 10.2 Å². The van der Waals surface area contributed by atoms with Gasteiger partial charge in [-0.1, -0.05) is 0 Å². The standard InChI is InChI=1S/C12H18N2O3/c1-9-3-4-11(17-9)12(15)14-5-6-16-8-10(14)7-13-2/h3-4,10,13H,5-8H2,1-2H3. The van der Waals surface area contributed by atoms with Crippen molar-refractivity contribution >= 4 is 5.91 Å². The van der Waals surface area contributed by atoms with Gasteiger partial charge in [-0.05, 0) is 26.1 Å². The number of carbonyl (C=O) groups excluding carboxylic acids is 1. The molecule has 1 unspecified atom stereocenters. The van der Waals surface area contributed by atoms with Gasteiger partial charge in [0.15, 0.2) is 5.76 Å². The number of hydrogen-bond acceptors (Lipinski definition) is 4. The van der Waals surface area contributed by atoms with Gasteiger partial charge in [0, 0.05) is 13.1 Å². The van der Waals surface area contributed by atoms with Gasteiger partial charge in [0.2, 0.25) is 0 Å². The Bertz CT molecular complexity index is 387. The Hall–Kier alpha value is -1.33. The lowest BCUT2D eigenvalue weighted by atomic mass is 10.2. The number of aryl methyl sites for hydroxylation is 1. The first-order valence-corrected chi connectivity index (χ1v) is 5.82. The van der Waals surface area contributed by atoms with Gasteiger partial charge in [-0.25, -0.2) is 0 Å². The molecule has 2 heterocycles. The van der Waals surface area contributed by atoms with Gasteiger partial charge >= 0.3 is 0 Å². The van der Waals surface area contributed by atoms with Crippen molar-refractivity contribution in [3.05, 3.63) is 23.7 Å². The van der Waals surface area contributed by atoms with E-state index in [-0.39, 0.29) is 11.9 Å². The molecule has 2 rings (SSSR count). The Kier molecular flexibility index (Phi) is 3.81. The maximum absolute atomic E-state index is 12.2. The lowest BCUT2D eigenvalue weighted by Gasteiger charge is -2.34. The summed E-state index contributed by atoms with van der Waals surface area (Å²) in [6.45, 7) is 4.34. The first-order chi connectivity index (χ1) is 8.22. The maximum atomic E-state index is 12.2. The minimum atomic E-state index is -0.0540. The van der Waals surface area contributed by atoms with Crippen LogP contribution in [0.2, 0.25) is 0 Å². The van der Waals surface area contributed by atoms with Crippen molar-refractivity contribution in [2.75, 3.05) is 33.4 Å². The molecule has 1 aromatic heterocycles. The van der Waals surface area contributed by atoms with Crippen LogP contribution in [0.1, 0.15) is 16.3 Å². The third kappa shape index (κ3) is 2.68.